The highest BCUT2D eigenvalue weighted by Gasteiger charge is 2.53. The van der Waals surface area contributed by atoms with Crippen molar-refractivity contribution < 1.29 is 119 Å². The van der Waals surface area contributed by atoms with E-state index in [1.807, 2.05) is 14.2 Å². The second-order valence-corrected chi connectivity index (χ2v) is 37.1. The predicted octanol–water partition coefficient (Wildman–Crippen LogP) is 11.6. The fraction of sp³-hybridized carbons (Fsp3) is 0.538. The topological polar surface area (TPSA) is 387 Å². The van der Waals surface area contributed by atoms with Gasteiger partial charge in [0.2, 0.25) is 17.6 Å². The van der Waals surface area contributed by atoms with Crippen molar-refractivity contribution in [3.05, 3.63) is 125 Å². The number of pyridine rings is 3. The number of hydrogen-bond acceptors (Lipinski definition) is 25. The maximum absolute atomic E-state index is 13.6. The first-order valence-electron chi connectivity index (χ1n) is 44.7. The van der Waals surface area contributed by atoms with Gasteiger partial charge in [-0.3, -0.25) is 28.7 Å². The number of hydrogen-bond donors (Lipinski definition) is 4. The number of halogens is 9. The molecule has 3 fully saturated rings. The van der Waals surface area contributed by atoms with Crippen molar-refractivity contribution in [1.82, 2.24) is 78.0 Å². The van der Waals surface area contributed by atoms with E-state index in [0.29, 0.717) is 0 Å². The second kappa shape index (κ2) is 38.0. The van der Waals surface area contributed by atoms with Crippen LogP contribution in [0, 0.1) is 47.8 Å². The largest absolute Gasteiger partial charge is 0.476 e. The highest BCUT2D eigenvalue weighted by atomic mass is 32.2. The summed E-state index contributed by atoms with van der Waals surface area (Å²) < 4.78 is 350. The van der Waals surface area contributed by atoms with Gasteiger partial charge < -0.3 is 34.0 Å². The summed E-state index contributed by atoms with van der Waals surface area (Å²) >= 11 is 0. The Balaban J connectivity index is 0.000000284. The third kappa shape index (κ3) is 23.1. The summed E-state index contributed by atoms with van der Waals surface area (Å²) in [5, 5.41) is 29.6. The average Bonchev–Trinajstić information content (AvgIpc) is 1.57. The Labute approximate surface area is 766 Å². The van der Waals surface area contributed by atoms with E-state index >= 15 is 0 Å². The van der Waals surface area contributed by atoms with E-state index in [0.717, 1.165) is 48.7 Å². The monoisotopic (exact) mass is 1910 g/mol. The lowest BCUT2D eigenvalue weighted by Gasteiger charge is -2.34. The first-order valence-corrected chi connectivity index (χ1v) is 41.7. The molecule has 33 nitrogen and oxygen atoms in total. The Morgan fingerprint density at radius 2 is 0.802 bits per heavy atom. The number of anilines is 3. The molecule has 8 aromatic heterocycles. The van der Waals surface area contributed by atoms with Gasteiger partial charge in [0.1, 0.15) is 57.4 Å². The van der Waals surface area contributed by atoms with E-state index in [1.165, 1.54) is 192 Å². The second-order valence-electron chi connectivity index (χ2n) is 32.2. The van der Waals surface area contributed by atoms with Crippen molar-refractivity contribution in [3.63, 3.8) is 0 Å². The molecule has 4 aliphatic heterocycles. The molecule has 8 aromatic rings. The number of aliphatic imine (C=N–C) groups is 1. The minimum Gasteiger partial charge on any atom is -0.476 e. The van der Waals surface area contributed by atoms with Crippen LogP contribution in [0.2, 0.25) is 0 Å². The molecule has 4 atom stereocenters. The van der Waals surface area contributed by atoms with Gasteiger partial charge in [-0.05, 0) is 176 Å². The molecule has 126 heavy (non-hydrogen) atoms. The summed E-state index contributed by atoms with van der Waals surface area (Å²) in [6.45, 7) is 4.58. The zero-order valence-corrected chi connectivity index (χ0v) is 76.1. The number of carbonyl (C=O) groups excluding carboxylic acids is 3. The summed E-state index contributed by atoms with van der Waals surface area (Å²) in [6.07, 6.45) is -13.2. The molecule has 696 valence electrons. The third-order valence-electron chi connectivity index (χ3n) is 19.9. The summed E-state index contributed by atoms with van der Waals surface area (Å²) in [6, 6.07) is 11.3. The van der Waals surface area contributed by atoms with E-state index in [4.69, 9.17) is 34.8 Å². The summed E-state index contributed by atoms with van der Waals surface area (Å²) in [5.74, 6) is -9.36. The van der Waals surface area contributed by atoms with E-state index < -0.39 is 203 Å². The maximum atomic E-state index is 13.6. The summed E-state index contributed by atoms with van der Waals surface area (Å²) in [7, 11) is -10.3. The van der Waals surface area contributed by atoms with Crippen molar-refractivity contribution in [2.75, 3.05) is 67.3 Å². The van der Waals surface area contributed by atoms with Crippen LogP contribution < -0.4 is 43.1 Å². The van der Waals surface area contributed by atoms with Gasteiger partial charge in [0.05, 0.1) is 57.8 Å². The van der Waals surface area contributed by atoms with Gasteiger partial charge in [-0.2, -0.15) is 90.2 Å². The molecule has 0 radical (unpaired) electrons. The van der Waals surface area contributed by atoms with Gasteiger partial charge in [0, 0.05) is 120 Å². The molecular weight excluding hydrogens is 1790 g/mol. The van der Waals surface area contributed by atoms with Crippen LogP contribution in [0.5, 0.6) is 17.6 Å². The van der Waals surface area contributed by atoms with Gasteiger partial charge in [0.25, 0.3) is 47.8 Å². The molecule has 0 bridgehead atoms. The van der Waals surface area contributed by atoms with Crippen LogP contribution in [0.1, 0.15) is 186 Å². The Kier molecular flexibility index (Phi) is 24.7. The quantitative estimate of drug-likeness (QED) is 0.0386. The van der Waals surface area contributed by atoms with Crippen LogP contribution in [0.3, 0.4) is 0 Å². The lowest BCUT2D eigenvalue weighted by molar-refractivity contribution is -0.237. The van der Waals surface area contributed by atoms with Crippen LogP contribution in [-0.4, -0.2) is 205 Å². The number of nitrogens with one attached hydrogen (secondary N) is 3. The SMILES string of the molecule is S.S.S.[2H]C([2H])([2H])[C@@H]1CN(c2nc(-n3ccc(OCC(C)(C)C(F)(F)F)n3)ccc2C(=O)NS(=O)(=O)C2=CCN=C2C)C(C)(C)C1([2H])[2H].[2H]C([2H])([2H])[C@@H]1CN(c2nc(-n3ccc(OCC(C)(C)C(F)(F)F)n3)ccc2C(=O)NS(=O)(=O)c2cn(C)nc2C)C(C)(C)C1([2H])[2H].[2H]C([2H])([2H])[C@@H]1CN(c2nc(-n3ccc(OCC(C)(CO)C(F)(F)F)n3)ccc2C(=O)NS(=O)(=O)c2cn(C)nc2C)C(C)(C)C1([2H])[2H]. The first kappa shape index (κ1) is 82.1. The van der Waals surface area contributed by atoms with Crippen molar-refractivity contribution in [2.45, 2.75) is 182 Å². The number of aliphatic hydroxyl groups excluding tert-OH is 1. The number of aromatic nitrogens is 13. The van der Waals surface area contributed by atoms with Crippen molar-refractivity contribution in [1.29, 1.82) is 0 Å². The molecule has 48 heteroatoms. The van der Waals surface area contributed by atoms with E-state index in [2.05, 4.69) is 45.4 Å². The summed E-state index contributed by atoms with van der Waals surface area (Å²) in [5.41, 5.74) is -12.2. The van der Waals surface area contributed by atoms with E-state index in [1.54, 1.807) is 0 Å². The van der Waals surface area contributed by atoms with Crippen LogP contribution >= 0.6 is 40.5 Å². The number of sulfonamides is 3. The van der Waals surface area contributed by atoms with Gasteiger partial charge in [-0.1, -0.05) is 20.6 Å². The normalized spacial score (nSPS) is 21.4. The average molecular weight is 1910 g/mol. The number of ether oxygens (including phenoxy) is 3. The molecule has 3 saturated heterocycles. The third-order valence-corrected chi connectivity index (χ3v) is 24.3. The van der Waals surface area contributed by atoms with Crippen LogP contribution in [0.15, 0.2) is 111 Å². The molecular formula is C78H107F9N20O13S6. The molecule has 4 N–H and O–H groups in total. The Hall–Kier alpha value is -9.65. The molecule has 0 spiro atoms. The lowest BCUT2D eigenvalue weighted by Crippen LogP contribution is -2.43. The molecule has 12 rings (SSSR count). The number of rotatable bonds is 25. The fourth-order valence-electron chi connectivity index (χ4n) is 12.6. The van der Waals surface area contributed by atoms with Crippen molar-refractivity contribution in [3.8, 4) is 35.1 Å². The van der Waals surface area contributed by atoms with Gasteiger partial charge >= 0.3 is 18.5 Å². The van der Waals surface area contributed by atoms with Crippen molar-refractivity contribution >= 4 is 111 Å². The molecule has 0 aliphatic carbocycles. The van der Waals surface area contributed by atoms with Gasteiger partial charge in [-0.25, -0.2) is 68.4 Å². The number of amides is 3. The van der Waals surface area contributed by atoms with Crippen LogP contribution in [-0.2, 0) is 44.2 Å². The number of nitrogens with zero attached hydrogens (tertiary/aromatic N) is 17. The standard InChI is InChI=1S/C26H34F3N7O5S.C26H34F3N7O4S.C26H33F3N6O4S.3H2S/c1-16-11-24(3,4)35(12-16)22-18(23(38)33-42(39,40)19-13-34(6)31-17(19)2)7-8-20(30-22)36-10-9-21(32-36)41-15-25(5,14-37)26(27,28)29;1-16-12-25(5,6)35(13-16)22-18(23(37)33-41(38,39)19-14-34(7)31-17(19)2)8-9-20(30-22)36-11-10-21(32-36)40-15-24(3,4)26(27,28)29;1-16-13-25(5,6)34(14-16)22-18(23(36)33-40(37,38)19-9-11-30-17(19)2)7-8-20(31-22)35-12-10-21(32-35)39-15-24(3,4)26(27,28)29;;;/h7-10,13,16,37H,11-12,14-15H2,1-6H3,(H,33,38);8-11,14,16H,12-13,15H2,1-7H3,(H,33,37);7-10,12,16H,11,13-15H2,1-6H3,(H,33,36);3*1H2/t16-,25?;2*16-;;;/m000.../s1/i1D3,11D2;1D3,12D2;1D3,13D2;;;. The molecule has 3 amide bonds. The van der Waals surface area contributed by atoms with Crippen LogP contribution in [0.4, 0.5) is 57.0 Å². The Morgan fingerprint density at radius 3 is 1.06 bits per heavy atom. The molecule has 0 saturated carbocycles. The van der Waals surface area contributed by atoms with E-state index in [9.17, 15) is 84.3 Å². The van der Waals surface area contributed by atoms with Crippen LogP contribution in [0.25, 0.3) is 17.5 Å². The lowest BCUT2D eigenvalue weighted by atomic mass is 9.92. The Morgan fingerprint density at radius 1 is 0.492 bits per heavy atom. The number of aryl methyl sites for hydroxylation is 4. The number of aliphatic hydroxyl groups is 1. The Bertz CT molecular complexity index is 6410. The first-order chi connectivity index (χ1) is 62.5. The zero-order valence-electron chi connectivity index (χ0n) is 85.6. The fourth-order valence-corrected chi connectivity index (χ4v) is 16.2. The van der Waals surface area contributed by atoms with E-state index in [-0.39, 0.29) is 148 Å². The summed E-state index contributed by atoms with van der Waals surface area (Å²) in [4.78, 5) is 61.2. The molecule has 1 unspecified atom stereocenters. The molecule has 12 heterocycles. The highest BCUT2D eigenvalue weighted by molar-refractivity contribution is 7.95. The van der Waals surface area contributed by atoms with Crippen molar-refractivity contribution in [2.24, 2.45) is 53.1 Å². The predicted molar refractivity (Wildman–Crippen MR) is 466 cm³/mol. The number of alkyl halides is 9. The minimum atomic E-state index is -4.78. The van der Waals surface area contributed by atoms with Gasteiger partial charge in [-0.15, -0.1) is 15.3 Å². The zero-order chi connectivity index (χ0) is 104. The highest BCUT2D eigenvalue weighted by Crippen LogP contribution is 2.44. The maximum Gasteiger partial charge on any atom is 0.399 e. The smallest absolute Gasteiger partial charge is 0.399 e. The minimum absolute atomic E-state index is 0. The number of allylic oxidation sites excluding steroid dienone is 1. The molecule has 0 aromatic carbocycles. The molecule has 4 aliphatic rings. The number of carbonyl (C=O) groups is 3. The van der Waals surface area contributed by atoms with Gasteiger partial charge in [0.15, 0.2) is 17.5 Å².